The molecule has 1 amide bonds. The van der Waals surface area contributed by atoms with Crippen LogP contribution in [0.25, 0.3) is 0 Å². The molecule has 1 aromatic carbocycles. The Morgan fingerprint density at radius 1 is 1.14 bits per heavy atom. The first kappa shape index (κ1) is 19.6. The van der Waals surface area contributed by atoms with Crippen LogP contribution in [0.15, 0.2) is 24.3 Å². The molecule has 1 rings (SSSR count). The van der Waals surface area contributed by atoms with Crippen LogP contribution in [0.2, 0.25) is 0 Å². The fourth-order valence-corrected chi connectivity index (χ4v) is 1.80. The van der Waals surface area contributed by atoms with Crippen molar-refractivity contribution in [3.05, 3.63) is 35.4 Å². The van der Waals surface area contributed by atoms with E-state index in [4.69, 9.17) is 11.5 Å². The Balaban J connectivity index is 0.000000486. The summed E-state index contributed by atoms with van der Waals surface area (Å²) in [5.74, 6) is 0.124. The van der Waals surface area contributed by atoms with Gasteiger partial charge in [-0.3, -0.25) is 4.79 Å². The number of rotatable bonds is 7. The molecule has 0 heterocycles. The maximum absolute atomic E-state index is 11.9. The van der Waals surface area contributed by atoms with E-state index in [1.165, 1.54) is 0 Å². The van der Waals surface area contributed by atoms with E-state index in [1.807, 2.05) is 49.9 Å². The van der Waals surface area contributed by atoms with E-state index in [9.17, 15) is 4.79 Å². The number of nitrogens with two attached hydrogens (primary N) is 2. The molecular formula is C16H30N4O. The van der Waals surface area contributed by atoms with Gasteiger partial charge in [-0.25, -0.2) is 0 Å². The molecule has 5 heteroatoms. The molecule has 0 aliphatic heterocycles. The van der Waals surface area contributed by atoms with Gasteiger partial charge < -0.3 is 21.7 Å². The molecule has 0 aromatic heterocycles. The number of aryl methyl sites for hydroxylation is 1. The van der Waals surface area contributed by atoms with E-state index >= 15 is 0 Å². The van der Waals surface area contributed by atoms with Crippen LogP contribution in [0, 0.1) is 6.92 Å². The number of carbonyl (C=O) groups is 1. The molecule has 0 aliphatic rings. The molecule has 0 unspecified atom stereocenters. The second-order valence-corrected chi connectivity index (χ2v) is 4.67. The SMILES string of the molecule is CCN(CC)C(=O)c1cccc(C)c1.NCCNCCN. The normalized spacial score (nSPS) is 9.76. The van der Waals surface area contributed by atoms with Gasteiger partial charge in [0.15, 0.2) is 0 Å². The van der Waals surface area contributed by atoms with Crippen LogP contribution in [0.3, 0.4) is 0 Å². The summed E-state index contributed by atoms with van der Waals surface area (Å²) in [5, 5.41) is 3.03. The molecule has 0 saturated carbocycles. The quantitative estimate of drug-likeness (QED) is 0.654. The van der Waals surface area contributed by atoms with E-state index in [2.05, 4.69) is 5.32 Å². The van der Waals surface area contributed by atoms with Crippen molar-refractivity contribution in [1.29, 1.82) is 0 Å². The molecule has 21 heavy (non-hydrogen) atoms. The van der Waals surface area contributed by atoms with Gasteiger partial charge in [0.25, 0.3) is 5.91 Å². The zero-order valence-electron chi connectivity index (χ0n) is 13.6. The second kappa shape index (κ2) is 12.3. The Hall–Kier alpha value is -1.43. The van der Waals surface area contributed by atoms with Crippen molar-refractivity contribution >= 4 is 5.91 Å². The average molecular weight is 294 g/mol. The fourth-order valence-electron chi connectivity index (χ4n) is 1.80. The largest absolute Gasteiger partial charge is 0.339 e. The van der Waals surface area contributed by atoms with E-state index in [-0.39, 0.29) is 5.91 Å². The monoisotopic (exact) mass is 294 g/mol. The molecule has 5 nitrogen and oxygen atoms in total. The highest BCUT2D eigenvalue weighted by molar-refractivity contribution is 5.94. The van der Waals surface area contributed by atoms with Crippen molar-refractivity contribution in [2.45, 2.75) is 20.8 Å². The summed E-state index contributed by atoms with van der Waals surface area (Å²) >= 11 is 0. The van der Waals surface area contributed by atoms with Crippen molar-refractivity contribution in [3.63, 3.8) is 0 Å². The third-order valence-electron chi connectivity index (χ3n) is 2.96. The summed E-state index contributed by atoms with van der Waals surface area (Å²) in [6.45, 7) is 10.7. The Morgan fingerprint density at radius 3 is 2.14 bits per heavy atom. The van der Waals surface area contributed by atoms with E-state index in [1.54, 1.807) is 0 Å². The van der Waals surface area contributed by atoms with Gasteiger partial charge >= 0.3 is 0 Å². The first-order valence-electron chi connectivity index (χ1n) is 7.57. The van der Waals surface area contributed by atoms with Gasteiger partial charge in [-0.15, -0.1) is 0 Å². The Bertz CT molecular complexity index is 388. The van der Waals surface area contributed by atoms with Crippen LogP contribution in [0.4, 0.5) is 0 Å². The Labute approximate surface area is 128 Å². The second-order valence-electron chi connectivity index (χ2n) is 4.67. The highest BCUT2D eigenvalue weighted by atomic mass is 16.2. The molecular weight excluding hydrogens is 264 g/mol. The van der Waals surface area contributed by atoms with Crippen molar-refractivity contribution in [2.75, 3.05) is 39.3 Å². The topological polar surface area (TPSA) is 84.4 Å². The summed E-state index contributed by atoms with van der Waals surface area (Å²) in [7, 11) is 0. The third kappa shape index (κ3) is 8.45. The number of hydrogen-bond donors (Lipinski definition) is 3. The van der Waals surface area contributed by atoms with Gasteiger partial charge in [-0.1, -0.05) is 17.7 Å². The van der Waals surface area contributed by atoms with E-state index < -0.39 is 0 Å². The lowest BCUT2D eigenvalue weighted by atomic mass is 10.1. The van der Waals surface area contributed by atoms with Gasteiger partial charge in [0.1, 0.15) is 0 Å². The highest BCUT2D eigenvalue weighted by Crippen LogP contribution is 2.07. The number of benzene rings is 1. The minimum atomic E-state index is 0.124. The third-order valence-corrected chi connectivity index (χ3v) is 2.96. The van der Waals surface area contributed by atoms with Crippen molar-refractivity contribution < 1.29 is 4.79 Å². The summed E-state index contributed by atoms with van der Waals surface area (Å²) in [6, 6.07) is 7.72. The predicted molar refractivity (Wildman–Crippen MR) is 89.4 cm³/mol. The van der Waals surface area contributed by atoms with Crippen LogP contribution in [0.1, 0.15) is 29.8 Å². The summed E-state index contributed by atoms with van der Waals surface area (Å²) in [6.07, 6.45) is 0. The standard InChI is InChI=1S/C12H17NO.C4H13N3/c1-4-13(5-2)12(14)11-8-6-7-10(3)9-11;5-1-3-7-4-2-6/h6-9H,4-5H2,1-3H3;7H,1-6H2. The molecule has 0 spiro atoms. The molecule has 0 atom stereocenters. The summed E-state index contributed by atoms with van der Waals surface area (Å²) < 4.78 is 0. The number of amides is 1. The zero-order valence-corrected chi connectivity index (χ0v) is 13.6. The van der Waals surface area contributed by atoms with E-state index in [0.29, 0.717) is 13.1 Å². The lowest BCUT2D eigenvalue weighted by Gasteiger charge is -2.18. The smallest absolute Gasteiger partial charge is 0.253 e. The van der Waals surface area contributed by atoms with Gasteiger partial charge in [0.2, 0.25) is 0 Å². The predicted octanol–water partition coefficient (Wildman–Crippen LogP) is 0.970. The first-order valence-corrected chi connectivity index (χ1v) is 7.57. The maximum Gasteiger partial charge on any atom is 0.253 e. The van der Waals surface area contributed by atoms with Gasteiger partial charge in [0, 0.05) is 44.8 Å². The van der Waals surface area contributed by atoms with Crippen molar-refractivity contribution in [1.82, 2.24) is 10.2 Å². The molecule has 1 aromatic rings. The lowest BCUT2D eigenvalue weighted by Crippen LogP contribution is -2.30. The van der Waals surface area contributed by atoms with Crippen LogP contribution >= 0.6 is 0 Å². The first-order chi connectivity index (χ1) is 10.1. The highest BCUT2D eigenvalue weighted by Gasteiger charge is 2.11. The van der Waals surface area contributed by atoms with Gasteiger partial charge in [-0.2, -0.15) is 0 Å². The van der Waals surface area contributed by atoms with E-state index in [0.717, 1.165) is 37.3 Å². The molecule has 0 bridgehead atoms. The molecule has 0 radical (unpaired) electrons. The van der Waals surface area contributed by atoms with Crippen LogP contribution in [-0.4, -0.2) is 50.1 Å². The van der Waals surface area contributed by atoms with Gasteiger partial charge in [0.05, 0.1) is 0 Å². The molecule has 0 fully saturated rings. The fraction of sp³-hybridized carbons (Fsp3) is 0.562. The summed E-state index contributed by atoms with van der Waals surface area (Å²) in [5.41, 5.74) is 12.2. The maximum atomic E-state index is 11.9. The molecule has 0 saturated heterocycles. The summed E-state index contributed by atoms with van der Waals surface area (Å²) in [4.78, 5) is 13.7. The van der Waals surface area contributed by atoms with Gasteiger partial charge in [-0.05, 0) is 32.9 Å². The minimum absolute atomic E-state index is 0.124. The molecule has 120 valence electrons. The van der Waals surface area contributed by atoms with Crippen LogP contribution in [0.5, 0.6) is 0 Å². The zero-order chi connectivity index (χ0) is 16.1. The number of hydrogen-bond acceptors (Lipinski definition) is 4. The van der Waals surface area contributed by atoms with Crippen molar-refractivity contribution in [2.24, 2.45) is 11.5 Å². The van der Waals surface area contributed by atoms with Crippen LogP contribution in [-0.2, 0) is 0 Å². The number of nitrogens with zero attached hydrogens (tertiary/aromatic N) is 1. The molecule has 0 aliphatic carbocycles. The average Bonchev–Trinajstić information content (AvgIpc) is 2.49. The minimum Gasteiger partial charge on any atom is -0.339 e. The Kier molecular flexibility index (Phi) is 11.5. The number of carbonyl (C=O) groups excluding carboxylic acids is 1. The number of nitrogens with one attached hydrogen (secondary N) is 1. The molecule has 5 N–H and O–H groups in total. The van der Waals surface area contributed by atoms with Crippen LogP contribution < -0.4 is 16.8 Å². The van der Waals surface area contributed by atoms with Crippen molar-refractivity contribution in [3.8, 4) is 0 Å². The lowest BCUT2D eigenvalue weighted by molar-refractivity contribution is 0.0773. The Morgan fingerprint density at radius 2 is 1.71 bits per heavy atom.